The van der Waals surface area contributed by atoms with Crippen molar-refractivity contribution in [3.8, 4) is 0 Å². The summed E-state index contributed by atoms with van der Waals surface area (Å²) in [4.78, 5) is 24.7. The van der Waals surface area contributed by atoms with Gasteiger partial charge in [0.15, 0.2) is 5.69 Å². The molecule has 0 aliphatic heterocycles. The van der Waals surface area contributed by atoms with Gasteiger partial charge in [-0.1, -0.05) is 41.9 Å². The van der Waals surface area contributed by atoms with Crippen molar-refractivity contribution in [1.82, 2.24) is 9.78 Å². The van der Waals surface area contributed by atoms with Crippen LogP contribution in [0.2, 0.25) is 5.02 Å². The largest absolute Gasteiger partial charge is 0.456 e. The van der Waals surface area contributed by atoms with Crippen LogP contribution in [0.1, 0.15) is 23.0 Å². The summed E-state index contributed by atoms with van der Waals surface area (Å²) in [6, 6.07) is 13.9. The highest BCUT2D eigenvalue weighted by atomic mass is 35.5. The van der Waals surface area contributed by atoms with Crippen molar-refractivity contribution in [3.63, 3.8) is 0 Å². The van der Waals surface area contributed by atoms with Gasteiger partial charge in [0.2, 0.25) is 0 Å². The SMILES string of the molecule is CCn1nc(C(=O)OCc2ccc(Cl)cc2)c2ccccc2c1=O. The van der Waals surface area contributed by atoms with Crippen LogP contribution < -0.4 is 5.56 Å². The lowest BCUT2D eigenvalue weighted by Crippen LogP contribution is -2.25. The number of esters is 1. The Morgan fingerprint density at radius 2 is 1.79 bits per heavy atom. The van der Waals surface area contributed by atoms with Crippen LogP contribution in [0.25, 0.3) is 10.8 Å². The van der Waals surface area contributed by atoms with Crippen LogP contribution in [0.4, 0.5) is 0 Å². The third-order valence-corrected chi connectivity index (χ3v) is 3.90. The van der Waals surface area contributed by atoms with Crippen LogP contribution in [0.15, 0.2) is 53.3 Å². The molecule has 0 aliphatic rings. The minimum absolute atomic E-state index is 0.108. The first-order chi connectivity index (χ1) is 11.6. The number of rotatable bonds is 4. The van der Waals surface area contributed by atoms with Gasteiger partial charge in [-0.3, -0.25) is 4.79 Å². The van der Waals surface area contributed by atoms with Crippen molar-refractivity contribution >= 4 is 28.3 Å². The number of nitrogens with zero attached hydrogens (tertiary/aromatic N) is 2. The highest BCUT2D eigenvalue weighted by molar-refractivity contribution is 6.30. The molecule has 1 heterocycles. The van der Waals surface area contributed by atoms with E-state index in [1.807, 2.05) is 0 Å². The Kier molecular flexibility index (Phi) is 4.62. The van der Waals surface area contributed by atoms with Crippen LogP contribution in [0.5, 0.6) is 0 Å². The van der Waals surface area contributed by atoms with E-state index in [0.29, 0.717) is 22.3 Å². The molecule has 3 aromatic rings. The molecular weight excluding hydrogens is 328 g/mol. The molecule has 3 rings (SSSR count). The Balaban J connectivity index is 1.93. The topological polar surface area (TPSA) is 61.2 Å². The Bertz CT molecular complexity index is 949. The lowest BCUT2D eigenvalue weighted by atomic mass is 10.1. The predicted octanol–water partition coefficient (Wildman–Crippen LogP) is 3.43. The van der Waals surface area contributed by atoms with Crippen molar-refractivity contribution < 1.29 is 9.53 Å². The number of hydrogen-bond donors (Lipinski definition) is 0. The van der Waals surface area contributed by atoms with Crippen molar-refractivity contribution in [2.45, 2.75) is 20.1 Å². The van der Waals surface area contributed by atoms with Crippen LogP contribution in [-0.2, 0) is 17.9 Å². The van der Waals surface area contributed by atoms with E-state index in [1.165, 1.54) is 4.68 Å². The van der Waals surface area contributed by atoms with E-state index in [9.17, 15) is 9.59 Å². The van der Waals surface area contributed by atoms with E-state index < -0.39 is 5.97 Å². The fourth-order valence-electron chi connectivity index (χ4n) is 2.40. The zero-order chi connectivity index (χ0) is 17.1. The molecule has 0 N–H and O–H groups in total. The van der Waals surface area contributed by atoms with Crippen LogP contribution in [0, 0.1) is 0 Å². The second-order valence-electron chi connectivity index (χ2n) is 5.22. The summed E-state index contributed by atoms with van der Waals surface area (Å²) < 4.78 is 6.61. The van der Waals surface area contributed by atoms with Gasteiger partial charge in [-0.05, 0) is 30.7 Å². The van der Waals surface area contributed by atoms with Gasteiger partial charge in [-0.15, -0.1) is 0 Å². The lowest BCUT2D eigenvalue weighted by Gasteiger charge is -2.09. The number of fused-ring (bicyclic) bond motifs is 1. The molecule has 0 amide bonds. The normalized spacial score (nSPS) is 10.8. The van der Waals surface area contributed by atoms with E-state index in [-0.39, 0.29) is 17.9 Å². The van der Waals surface area contributed by atoms with Crippen molar-refractivity contribution in [1.29, 1.82) is 0 Å². The Labute approximate surface area is 143 Å². The number of aromatic nitrogens is 2. The summed E-state index contributed by atoms with van der Waals surface area (Å²) in [5.74, 6) is -0.566. The van der Waals surface area contributed by atoms with Crippen molar-refractivity contribution in [2.24, 2.45) is 0 Å². The smallest absolute Gasteiger partial charge is 0.359 e. The molecule has 122 valence electrons. The van der Waals surface area contributed by atoms with E-state index in [2.05, 4.69) is 5.10 Å². The lowest BCUT2D eigenvalue weighted by molar-refractivity contribution is 0.0465. The third-order valence-electron chi connectivity index (χ3n) is 3.64. The molecule has 0 aliphatic carbocycles. The summed E-state index contributed by atoms with van der Waals surface area (Å²) >= 11 is 5.83. The molecule has 0 unspecified atom stereocenters. The van der Waals surface area contributed by atoms with Gasteiger partial charge in [-0.2, -0.15) is 5.10 Å². The number of carbonyl (C=O) groups is 1. The number of carbonyl (C=O) groups excluding carboxylic acids is 1. The van der Waals surface area contributed by atoms with E-state index >= 15 is 0 Å². The quantitative estimate of drug-likeness (QED) is 0.681. The van der Waals surface area contributed by atoms with E-state index in [1.54, 1.807) is 55.5 Å². The molecule has 0 fully saturated rings. The molecule has 2 aromatic carbocycles. The molecule has 0 saturated carbocycles. The second kappa shape index (κ2) is 6.84. The fourth-order valence-corrected chi connectivity index (χ4v) is 2.52. The average molecular weight is 343 g/mol. The monoisotopic (exact) mass is 342 g/mol. The number of aryl methyl sites for hydroxylation is 1. The maximum Gasteiger partial charge on any atom is 0.359 e. The summed E-state index contributed by atoms with van der Waals surface area (Å²) in [5, 5.41) is 5.72. The first-order valence-corrected chi connectivity index (χ1v) is 7.89. The molecule has 5 nitrogen and oxygen atoms in total. The molecule has 0 saturated heterocycles. The van der Waals surface area contributed by atoms with Crippen molar-refractivity contribution in [3.05, 3.63) is 75.2 Å². The summed E-state index contributed by atoms with van der Waals surface area (Å²) in [6.45, 7) is 2.28. The molecule has 0 bridgehead atoms. The molecule has 6 heteroatoms. The summed E-state index contributed by atoms with van der Waals surface area (Å²) in [5.41, 5.74) is 0.740. The third kappa shape index (κ3) is 3.16. The van der Waals surface area contributed by atoms with Gasteiger partial charge in [-0.25, -0.2) is 9.48 Å². The molecular formula is C18H15ClN2O3. The van der Waals surface area contributed by atoms with Crippen LogP contribution in [-0.4, -0.2) is 15.7 Å². The standard InChI is InChI=1S/C18H15ClN2O3/c1-2-21-17(22)15-6-4-3-5-14(15)16(20-21)18(23)24-11-12-7-9-13(19)10-8-12/h3-10H,2,11H2,1H3. The second-order valence-corrected chi connectivity index (χ2v) is 5.65. The minimum atomic E-state index is -0.566. The summed E-state index contributed by atoms with van der Waals surface area (Å²) in [6.07, 6.45) is 0. The van der Waals surface area contributed by atoms with Gasteiger partial charge in [0.1, 0.15) is 6.61 Å². The predicted molar refractivity (Wildman–Crippen MR) is 92.2 cm³/mol. The van der Waals surface area contributed by atoms with Gasteiger partial charge in [0.25, 0.3) is 5.56 Å². The first kappa shape index (κ1) is 16.2. The van der Waals surface area contributed by atoms with E-state index in [0.717, 1.165) is 5.56 Å². The number of halogens is 1. The molecule has 0 atom stereocenters. The highest BCUT2D eigenvalue weighted by Crippen LogP contribution is 2.16. The Morgan fingerprint density at radius 1 is 1.12 bits per heavy atom. The molecule has 24 heavy (non-hydrogen) atoms. The molecule has 0 spiro atoms. The van der Waals surface area contributed by atoms with Gasteiger partial charge >= 0.3 is 5.97 Å². The zero-order valence-corrected chi connectivity index (χ0v) is 13.8. The maximum atomic E-state index is 12.5. The Morgan fingerprint density at radius 3 is 2.46 bits per heavy atom. The van der Waals surface area contributed by atoms with Crippen molar-refractivity contribution in [2.75, 3.05) is 0 Å². The zero-order valence-electron chi connectivity index (χ0n) is 13.0. The van der Waals surface area contributed by atoms with E-state index in [4.69, 9.17) is 16.3 Å². The first-order valence-electron chi connectivity index (χ1n) is 7.51. The minimum Gasteiger partial charge on any atom is -0.456 e. The Hall–Kier alpha value is -2.66. The van der Waals surface area contributed by atoms with Crippen LogP contribution >= 0.6 is 11.6 Å². The van der Waals surface area contributed by atoms with Gasteiger partial charge in [0.05, 0.1) is 5.39 Å². The number of hydrogen-bond acceptors (Lipinski definition) is 4. The molecule has 1 aromatic heterocycles. The average Bonchev–Trinajstić information content (AvgIpc) is 2.61. The maximum absolute atomic E-state index is 12.5. The summed E-state index contributed by atoms with van der Waals surface area (Å²) in [7, 11) is 0. The van der Waals surface area contributed by atoms with Gasteiger partial charge < -0.3 is 4.74 Å². The molecule has 0 radical (unpaired) electrons. The van der Waals surface area contributed by atoms with Crippen LogP contribution in [0.3, 0.4) is 0 Å². The number of ether oxygens (including phenoxy) is 1. The highest BCUT2D eigenvalue weighted by Gasteiger charge is 2.17. The fraction of sp³-hybridized carbons (Fsp3) is 0.167. The van der Waals surface area contributed by atoms with Gasteiger partial charge in [0, 0.05) is 17.0 Å². The number of benzene rings is 2.